The topological polar surface area (TPSA) is 81.8 Å². The number of rotatable bonds is 4. The van der Waals surface area contributed by atoms with E-state index in [1.54, 1.807) is 24.3 Å². The predicted octanol–water partition coefficient (Wildman–Crippen LogP) is 2.02. The normalized spacial score (nSPS) is 18.3. The van der Waals surface area contributed by atoms with Crippen molar-refractivity contribution in [2.24, 2.45) is 0 Å². The van der Waals surface area contributed by atoms with Gasteiger partial charge in [0.05, 0.1) is 0 Å². The van der Waals surface area contributed by atoms with Crippen molar-refractivity contribution < 1.29 is 23.2 Å². The molecule has 7 nitrogen and oxygen atoms in total. The van der Waals surface area contributed by atoms with Gasteiger partial charge in [-0.05, 0) is 18.2 Å². The molecule has 144 valence electrons. The number of nitrogens with zero attached hydrogens (tertiary/aromatic N) is 2. The quantitative estimate of drug-likeness (QED) is 0.844. The van der Waals surface area contributed by atoms with Crippen LogP contribution in [0.25, 0.3) is 0 Å². The molecule has 2 heterocycles. The highest BCUT2D eigenvalue weighted by Gasteiger charge is 2.34. The van der Waals surface area contributed by atoms with E-state index in [0.717, 1.165) is 12.1 Å². The number of carbonyl (C=O) groups excluding carboxylic acids is 3. The maximum Gasteiger partial charge on any atom is 0.325 e. The molecule has 2 aromatic rings. The number of para-hydroxylation sites is 1. The lowest BCUT2D eigenvalue weighted by Gasteiger charge is -2.19. The van der Waals surface area contributed by atoms with Crippen LogP contribution in [0.3, 0.4) is 0 Å². The third kappa shape index (κ3) is 3.15. The van der Waals surface area contributed by atoms with E-state index >= 15 is 0 Å². The van der Waals surface area contributed by atoms with Crippen LogP contribution in [-0.2, 0) is 9.59 Å². The van der Waals surface area contributed by atoms with Crippen LogP contribution in [0.5, 0.6) is 0 Å². The Morgan fingerprint density at radius 1 is 1.11 bits per heavy atom. The molecule has 0 radical (unpaired) electrons. The number of fused-ring (bicyclic) bond motifs is 1. The third-order valence-corrected chi connectivity index (χ3v) is 4.74. The molecule has 0 aliphatic carbocycles. The predicted molar refractivity (Wildman–Crippen MR) is 96.6 cm³/mol. The van der Waals surface area contributed by atoms with E-state index < -0.39 is 29.6 Å². The smallest absolute Gasteiger partial charge is 0.325 e. The highest BCUT2D eigenvalue weighted by molar-refractivity contribution is 6.04. The number of carbonyl (C=O) groups is 3. The molecule has 1 unspecified atom stereocenters. The molecule has 0 spiro atoms. The van der Waals surface area contributed by atoms with Crippen LogP contribution in [0.4, 0.5) is 25.0 Å². The Morgan fingerprint density at radius 2 is 1.89 bits per heavy atom. The van der Waals surface area contributed by atoms with Gasteiger partial charge in [-0.15, -0.1) is 0 Å². The zero-order valence-corrected chi connectivity index (χ0v) is 14.6. The Morgan fingerprint density at radius 3 is 2.68 bits per heavy atom. The summed E-state index contributed by atoms with van der Waals surface area (Å²) in [7, 11) is 0. The van der Waals surface area contributed by atoms with E-state index in [2.05, 4.69) is 10.6 Å². The van der Waals surface area contributed by atoms with Crippen molar-refractivity contribution in [2.45, 2.75) is 6.04 Å². The summed E-state index contributed by atoms with van der Waals surface area (Å²) >= 11 is 0. The van der Waals surface area contributed by atoms with Gasteiger partial charge in [-0.2, -0.15) is 0 Å². The lowest BCUT2D eigenvalue weighted by molar-refractivity contribution is -0.126. The van der Waals surface area contributed by atoms with Crippen LogP contribution in [-0.4, -0.2) is 42.4 Å². The zero-order valence-electron chi connectivity index (χ0n) is 14.6. The Bertz CT molecular complexity index is 981. The first-order valence-electron chi connectivity index (χ1n) is 8.64. The molecule has 0 bridgehead atoms. The maximum atomic E-state index is 13.4. The lowest BCUT2D eigenvalue weighted by atomic mass is 10.1. The molecule has 2 N–H and O–H groups in total. The molecule has 0 aromatic heterocycles. The highest BCUT2D eigenvalue weighted by Crippen LogP contribution is 2.30. The zero-order chi connectivity index (χ0) is 19.8. The average molecular weight is 386 g/mol. The number of anilines is 2. The standard InChI is InChI=1S/C19H16F2N4O3/c20-13-6-5-11(9-14(13)21)25-8-7-24(19(25)28)10-16(26)23-17-12-3-1-2-4-15(12)22-18(17)27/h1-6,9,17H,7-8,10H2,(H,22,27)(H,23,26). The van der Waals surface area contributed by atoms with Gasteiger partial charge in [0.1, 0.15) is 12.6 Å². The van der Waals surface area contributed by atoms with Gasteiger partial charge < -0.3 is 15.5 Å². The molecule has 1 atom stereocenters. The van der Waals surface area contributed by atoms with Crippen molar-refractivity contribution >= 4 is 29.2 Å². The monoisotopic (exact) mass is 386 g/mol. The van der Waals surface area contributed by atoms with Gasteiger partial charge in [0.25, 0.3) is 5.91 Å². The van der Waals surface area contributed by atoms with Gasteiger partial charge in [-0.3, -0.25) is 14.5 Å². The number of amides is 4. The van der Waals surface area contributed by atoms with Gasteiger partial charge in [0.2, 0.25) is 5.91 Å². The summed E-state index contributed by atoms with van der Waals surface area (Å²) in [5.74, 6) is -2.88. The second-order valence-corrected chi connectivity index (χ2v) is 6.53. The van der Waals surface area contributed by atoms with Gasteiger partial charge in [-0.25, -0.2) is 13.6 Å². The Hall–Kier alpha value is -3.49. The fourth-order valence-corrected chi connectivity index (χ4v) is 3.35. The fourth-order valence-electron chi connectivity index (χ4n) is 3.35. The van der Waals surface area contributed by atoms with Crippen LogP contribution in [0.2, 0.25) is 0 Å². The molecule has 9 heteroatoms. The number of hydrogen-bond acceptors (Lipinski definition) is 3. The van der Waals surface area contributed by atoms with E-state index in [4.69, 9.17) is 0 Å². The van der Waals surface area contributed by atoms with Crippen LogP contribution in [0.15, 0.2) is 42.5 Å². The van der Waals surface area contributed by atoms with E-state index in [9.17, 15) is 23.2 Å². The Kier molecular flexibility index (Phi) is 4.42. The third-order valence-electron chi connectivity index (χ3n) is 4.74. The molecule has 2 aromatic carbocycles. The number of hydrogen-bond donors (Lipinski definition) is 2. The van der Waals surface area contributed by atoms with Crippen molar-refractivity contribution in [1.82, 2.24) is 10.2 Å². The first-order valence-corrected chi connectivity index (χ1v) is 8.64. The van der Waals surface area contributed by atoms with Crippen LogP contribution < -0.4 is 15.5 Å². The number of halogens is 2. The van der Waals surface area contributed by atoms with Gasteiger partial charge in [-0.1, -0.05) is 18.2 Å². The Labute approximate surface area is 158 Å². The molecule has 0 saturated carbocycles. The molecule has 2 aliphatic rings. The number of urea groups is 1. The van der Waals surface area contributed by atoms with E-state index in [1.807, 2.05) is 0 Å². The minimum absolute atomic E-state index is 0.218. The summed E-state index contributed by atoms with van der Waals surface area (Å²) in [4.78, 5) is 39.5. The molecule has 4 rings (SSSR count). The fraction of sp³-hybridized carbons (Fsp3) is 0.211. The molecule has 2 aliphatic heterocycles. The maximum absolute atomic E-state index is 13.4. The van der Waals surface area contributed by atoms with Crippen molar-refractivity contribution in [1.29, 1.82) is 0 Å². The van der Waals surface area contributed by atoms with Gasteiger partial charge in [0, 0.05) is 36.1 Å². The summed E-state index contributed by atoms with van der Waals surface area (Å²) in [6.07, 6.45) is 0. The van der Waals surface area contributed by atoms with Gasteiger partial charge >= 0.3 is 6.03 Å². The highest BCUT2D eigenvalue weighted by atomic mass is 19.2. The van der Waals surface area contributed by atoms with E-state index in [-0.39, 0.29) is 31.2 Å². The Balaban J connectivity index is 1.41. The average Bonchev–Trinajstić information content (AvgIpc) is 3.18. The minimum atomic E-state index is -1.05. The second-order valence-electron chi connectivity index (χ2n) is 6.53. The summed E-state index contributed by atoms with van der Waals surface area (Å²) in [5, 5.41) is 5.32. The second kappa shape index (κ2) is 6.91. The van der Waals surface area contributed by atoms with Crippen molar-refractivity contribution in [3.05, 3.63) is 59.7 Å². The summed E-state index contributed by atoms with van der Waals surface area (Å²) in [6, 6.07) is 8.91. The van der Waals surface area contributed by atoms with E-state index in [1.165, 1.54) is 15.9 Å². The first kappa shape index (κ1) is 17.9. The largest absolute Gasteiger partial charge is 0.339 e. The van der Waals surface area contributed by atoms with Crippen LogP contribution >= 0.6 is 0 Å². The SMILES string of the molecule is O=C(CN1CCN(c2ccc(F)c(F)c2)C1=O)NC1C(=O)Nc2ccccc21. The molecule has 1 saturated heterocycles. The van der Waals surface area contributed by atoms with E-state index in [0.29, 0.717) is 11.3 Å². The van der Waals surface area contributed by atoms with Crippen molar-refractivity contribution in [3.63, 3.8) is 0 Å². The van der Waals surface area contributed by atoms with Crippen molar-refractivity contribution in [2.75, 3.05) is 29.9 Å². The molecular formula is C19H16F2N4O3. The molecule has 4 amide bonds. The summed E-state index contributed by atoms with van der Waals surface area (Å²) < 4.78 is 26.5. The molecular weight excluding hydrogens is 370 g/mol. The molecule has 28 heavy (non-hydrogen) atoms. The van der Waals surface area contributed by atoms with Crippen LogP contribution in [0.1, 0.15) is 11.6 Å². The number of benzene rings is 2. The van der Waals surface area contributed by atoms with Crippen molar-refractivity contribution in [3.8, 4) is 0 Å². The number of nitrogens with one attached hydrogen (secondary N) is 2. The summed E-state index contributed by atoms with van der Waals surface area (Å²) in [6.45, 7) is 0.244. The summed E-state index contributed by atoms with van der Waals surface area (Å²) in [5.41, 5.74) is 1.52. The lowest BCUT2D eigenvalue weighted by Crippen LogP contribution is -2.42. The first-order chi connectivity index (χ1) is 13.4. The van der Waals surface area contributed by atoms with Gasteiger partial charge in [0.15, 0.2) is 11.6 Å². The van der Waals surface area contributed by atoms with Crippen LogP contribution in [0, 0.1) is 11.6 Å². The molecule has 1 fully saturated rings. The minimum Gasteiger partial charge on any atom is -0.339 e.